The van der Waals surface area contributed by atoms with E-state index in [4.69, 9.17) is 17.3 Å². The van der Waals surface area contributed by atoms with Crippen molar-refractivity contribution in [3.05, 3.63) is 71.3 Å². The van der Waals surface area contributed by atoms with Gasteiger partial charge in [0.2, 0.25) is 0 Å². The molecule has 3 rings (SSSR count). The van der Waals surface area contributed by atoms with Gasteiger partial charge in [0.25, 0.3) is 5.91 Å². The minimum atomic E-state index is -0.697. The van der Waals surface area contributed by atoms with Gasteiger partial charge in [-0.2, -0.15) is 0 Å². The molecule has 1 atom stereocenters. The molecular weight excluding hydrogens is 433 g/mol. The number of nitrogen functional groups attached to an aromatic ring is 1. The van der Waals surface area contributed by atoms with Crippen LogP contribution in [0.3, 0.4) is 0 Å². The van der Waals surface area contributed by atoms with Gasteiger partial charge in [-0.3, -0.25) is 9.78 Å². The molecule has 1 aromatic carbocycles. The normalized spacial score (nSPS) is 11.7. The zero-order chi connectivity index (χ0) is 23.4. The zero-order valence-electron chi connectivity index (χ0n) is 17.6. The Bertz CT molecular complexity index is 1180. The van der Waals surface area contributed by atoms with Crippen LogP contribution in [0.1, 0.15) is 29.8 Å². The highest BCUT2D eigenvalue weighted by atomic mass is 35.5. The van der Waals surface area contributed by atoms with Gasteiger partial charge < -0.3 is 21.5 Å². The zero-order valence-corrected chi connectivity index (χ0v) is 18.4. The number of anilines is 3. The Morgan fingerprint density at radius 2 is 2.06 bits per heavy atom. The standard InChI is InChI=1S/C23H23ClFN5O2/c1-12(2)21-20(9-19(30-22(21)26)15-8-14(24)4-5-17(15)25)29-18-6-7-27-11-16(18)23(32)28-10-13(3)31/h4-9,11,13,31H,1,10H2,2-3H3,(H,28,32)(H3,26,27,29,30). The van der Waals surface area contributed by atoms with Gasteiger partial charge >= 0.3 is 0 Å². The number of carbonyl (C=O) groups is 1. The molecule has 0 saturated carbocycles. The topological polar surface area (TPSA) is 113 Å². The molecule has 9 heteroatoms. The van der Waals surface area contributed by atoms with Crippen molar-refractivity contribution in [3.63, 3.8) is 0 Å². The first-order valence-corrected chi connectivity index (χ1v) is 10.1. The van der Waals surface area contributed by atoms with Crippen molar-refractivity contribution >= 4 is 40.3 Å². The van der Waals surface area contributed by atoms with Gasteiger partial charge in [-0.1, -0.05) is 18.2 Å². The summed E-state index contributed by atoms with van der Waals surface area (Å²) in [5, 5.41) is 15.6. The maximum atomic E-state index is 14.5. The number of rotatable bonds is 7. The number of allylic oxidation sites excluding steroid dienone is 1. The molecule has 0 aliphatic rings. The number of amides is 1. The third-order valence-electron chi connectivity index (χ3n) is 4.57. The van der Waals surface area contributed by atoms with E-state index in [-0.39, 0.29) is 29.2 Å². The maximum Gasteiger partial charge on any atom is 0.255 e. The molecule has 1 unspecified atom stereocenters. The van der Waals surface area contributed by atoms with E-state index >= 15 is 0 Å². The molecule has 0 aliphatic heterocycles. The molecular formula is C23H23ClFN5O2. The quantitative estimate of drug-likeness (QED) is 0.420. The van der Waals surface area contributed by atoms with E-state index in [1.165, 1.54) is 30.6 Å². The van der Waals surface area contributed by atoms with Crippen LogP contribution in [0.2, 0.25) is 5.02 Å². The number of aromatic nitrogens is 2. The number of hydrogen-bond acceptors (Lipinski definition) is 6. The fraction of sp³-hybridized carbons (Fsp3) is 0.174. The van der Waals surface area contributed by atoms with Gasteiger partial charge in [-0.05, 0) is 49.8 Å². The molecule has 0 saturated heterocycles. The van der Waals surface area contributed by atoms with Gasteiger partial charge in [0.05, 0.1) is 28.7 Å². The van der Waals surface area contributed by atoms with Crippen molar-refractivity contribution in [3.8, 4) is 11.3 Å². The van der Waals surface area contributed by atoms with Crippen LogP contribution in [0.25, 0.3) is 16.8 Å². The molecule has 5 N–H and O–H groups in total. The number of aliphatic hydroxyl groups is 1. The van der Waals surface area contributed by atoms with Crippen molar-refractivity contribution in [2.75, 3.05) is 17.6 Å². The second-order valence-electron chi connectivity index (χ2n) is 7.33. The SMILES string of the molecule is C=C(C)c1c(Nc2ccncc2C(=O)NCC(C)O)cc(-c2cc(Cl)ccc2F)nc1N. The van der Waals surface area contributed by atoms with E-state index in [9.17, 15) is 14.3 Å². The molecule has 0 fully saturated rings. The van der Waals surface area contributed by atoms with Crippen molar-refractivity contribution in [2.45, 2.75) is 20.0 Å². The second kappa shape index (κ2) is 9.76. The van der Waals surface area contributed by atoms with Gasteiger partial charge in [0, 0.05) is 35.1 Å². The predicted molar refractivity (Wildman–Crippen MR) is 125 cm³/mol. The number of nitrogens with two attached hydrogens (primary N) is 1. The van der Waals surface area contributed by atoms with Crippen LogP contribution in [0, 0.1) is 5.82 Å². The number of nitrogens with zero attached hydrogens (tertiary/aromatic N) is 2. The smallest absolute Gasteiger partial charge is 0.255 e. The van der Waals surface area contributed by atoms with Gasteiger partial charge in [0.15, 0.2) is 0 Å². The lowest BCUT2D eigenvalue weighted by molar-refractivity contribution is 0.0924. The molecule has 1 amide bonds. The lowest BCUT2D eigenvalue weighted by Gasteiger charge is -2.18. The Labute approximate surface area is 190 Å². The Kier molecular flexibility index (Phi) is 7.07. The van der Waals surface area contributed by atoms with E-state index in [1.807, 2.05) is 0 Å². The van der Waals surface area contributed by atoms with E-state index < -0.39 is 17.8 Å². The van der Waals surface area contributed by atoms with Crippen LogP contribution in [0.15, 0.2) is 49.3 Å². The summed E-state index contributed by atoms with van der Waals surface area (Å²) in [5.74, 6) is -0.773. The second-order valence-corrected chi connectivity index (χ2v) is 7.76. The number of halogens is 2. The number of benzene rings is 1. The monoisotopic (exact) mass is 455 g/mol. The van der Waals surface area contributed by atoms with Gasteiger partial charge in [-0.15, -0.1) is 0 Å². The number of pyridine rings is 2. The van der Waals surface area contributed by atoms with Gasteiger partial charge in [0.1, 0.15) is 11.6 Å². The summed E-state index contributed by atoms with van der Waals surface area (Å²) < 4.78 is 14.5. The van der Waals surface area contributed by atoms with Crippen molar-refractivity contribution in [1.82, 2.24) is 15.3 Å². The first kappa shape index (κ1) is 23.2. The molecule has 166 valence electrons. The summed E-state index contributed by atoms with van der Waals surface area (Å²) in [7, 11) is 0. The summed E-state index contributed by atoms with van der Waals surface area (Å²) in [5.41, 5.74) is 8.98. The average Bonchev–Trinajstić information content (AvgIpc) is 2.73. The van der Waals surface area contributed by atoms with Crippen molar-refractivity contribution in [1.29, 1.82) is 0 Å². The summed E-state index contributed by atoms with van der Waals surface area (Å²) in [4.78, 5) is 20.9. The molecule has 7 nitrogen and oxygen atoms in total. The fourth-order valence-electron chi connectivity index (χ4n) is 3.11. The summed E-state index contributed by atoms with van der Waals surface area (Å²) >= 11 is 6.04. The molecule has 0 spiro atoms. The highest BCUT2D eigenvalue weighted by Crippen LogP contribution is 2.35. The predicted octanol–water partition coefficient (Wildman–Crippen LogP) is 4.41. The largest absolute Gasteiger partial charge is 0.392 e. The Morgan fingerprint density at radius 1 is 1.31 bits per heavy atom. The molecule has 3 aromatic rings. The molecule has 32 heavy (non-hydrogen) atoms. The van der Waals surface area contributed by atoms with Crippen LogP contribution in [0.5, 0.6) is 0 Å². The first-order chi connectivity index (χ1) is 15.2. The first-order valence-electron chi connectivity index (χ1n) is 9.76. The van der Waals surface area contributed by atoms with E-state index in [1.54, 1.807) is 26.0 Å². The summed E-state index contributed by atoms with van der Waals surface area (Å²) in [6, 6.07) is 7.40. The highest BCUT2D eigenvalue weighted by Gasteiger charge is 2.18. The summed E-state index contributed by atoms with van der Waals surface area (Å²) in [6.07, 6.45) is 2.23. The minimum Gasteiger partial charge on any atom is -0.392 e. The lowest BCUT2D eigenvalue weighted by atomic mass is 10.0. The molecule has 0 radical (unpaired) electrons. The van der Waals surface area contributed by atoms with Gasteiger partial charge in [-0.25, -0.2) is 9.37 Å². The Morgan fingerprint density at radius 3 is 2.75 bits per heavy atom. The van der Waals surface area contributed by atoms with Crippen LogP contribution in [-0.4, -0.2) is 33.6 Å². The molecule has 2 heterocycles. The molecule has 2 aromatic heterocycles. The van der Waals surface area contributed by atoms with Crippen LogP contribution < -0.4 is 16.4 Å². The number of hydrogen-bond donors (Lipinski definition) is 4. The van der Waals surface area contributed by atoms with Crippen LogP contribution in [0.4, 0.5) is 21.6 Å². The average molecular weight is 456 g/mol. The third-order valence-corrected chi connectivity index (χ3v) is 4.81. The third kappa shape index (κ3) is 5.22. The Balaban J connectivity index is 2.08. The van der Waals surface area contributed by atoms with Crippen LogP contribution >= 0.6 is 11.6 Å². The Hall–Kier alpha value is -3.49. The summed E-state index contributed by atoms with van der Waals surface area (Å²) in [6.45, 7) is 7.37. The number of carbonyl (C=O) groups excluding carboxylic acids is 1. The lowest BCUT2D eigenvalue weighted by Crippen LogP contribution is -2.31. The molecule has 0 bridgehead atoms. The fourth-order valence-corrected chi connectivity index (χ4v) is 3.28. The van der Waals surface area contributed by atoms with E-state index in [2.05, 4.69) is 27.2 Å². The van der Waals surface area contributed by atoms with E-state index in [0.717, 1.165) is 0 Å². The minimum absolute atomic E-state index is 0.0879. The molecule has 0 aliphatic carbocycles. The highest BCUT2D eigenvalue weighted by molar-refractivity contribution is 6.30. The number of aliphatic hydroxyl groups excluding tert-OH is 1. The van der Waals surface area contributed by atoms with E-state index in [0.29, 0.717) is 27.5 Å². The van der Waals surface area contributed by atoms with Crippen molar-refractivity contribution in [2.24, 2.45) is 0 Å². The van der Waals surface area contributed by atoms with Crippen LogP contribution in [-0.2, 0) is 0 Å². The maximum absolute atomic E-state index is 14.5. The van der Waals surface area contributed by atoms with Crippen molar-refractivity contribution < 1.29 is 14.3 Å². The number of nitrogens with one attached hydrogen (secondary N) is 2.